The fourth-order valence-corrected chi connectivity index (χ4v) is 4.72. The topological polar surface area (TPSA) is 96.0 Å². The van der Waals surface area contributed by atoms with Gasteiger partial charge in [-0.1, -0.05) is 42.5 Å². The van der Waals surface area contributed by atoms with Crippen LogP contribution in [0.2, 0.25) is 0 Å². The van der Waals surface area contributed by atoms with Crippen molar-refractivity contribution in [3.63, 3.8) is 0 Å². The maximum atomic E-state index is 13.0. The van der Waals surface area contributed by atoms with Gasteiger partial charge in [-0.25, -0.2) is 8.42 Å². The molecule has 0 unspecified atom stereocenters. The summed E-state index contributed by atoms with van der Waals surface area (Å²) in [5.41, 5.74) is 8.47. The third kappa shape index (κ3) is 4.37. The van der Waals surface area contributed by atoms with Gasteiger partial charge in [0, 0.05) is 17.9 Å². The van der Waals surface area contributed by atoms with Gasteiger partial charge in [0.1, 0.15) is 6.07 Å². The highest BCUT2D eigenvalue weighted by Crippen LogP contribution is 2.25. The van der Waals surface area contributed by atoms with Crippen LogP contribution in [0.15, 0.2) is 94.7 Å². The van der Waals surface area contributed by atoms with Crippen LogP contribution in [-0.4, -0.2) is 15.0 Å². The number of hydrogen-bond acceptors (Lipinski definition) is 5. The predicted octanol–water partition coefficient (Wildman–Crippen LogP) is 4.78. The summed E-state index contributed by atoms with van der Waals surface area (Å²) < 4.78 is 26.1. The maximum absolute atomic E-state index is 13.0. The van der Waals surface area contributed by atoms with E-state index in [1.54, 1.807) is 36.4 Å². The fourth-order valence-electron chi connectivity index (χ4n) is 3.42. The minimum absolute atomic E-state index is 0.275. The summed E-state index contributed by atoms with van der Waals surface area (Å²) in [5, 5.41) is 14.2. The zero-order chi connectivity index (χ0) is 21.8. The van der Waals surface area contributed by atoms with E-state index < -0.39 is 9.84 Å². The van der Waals surface area contributed by atoms with E-state index >= 15 is 0 Å². The number of sulfone groups is 1. The van der Waals surface area contributed by atoms with Crippen LogP contribution < -0.4 is 11.1 Å². The lowest BCUT2D eigenvalue weighted by Crippen LogP contribution is -2.06. The smallest absolute Gasteiger partial charge is 0.206 e. The summed E-state index contributed by atoms with van der Waals surface area (Å²) in [4.78, 5) is 0.564. The van der Waals surface area contributed by atoms with Gasteiger partial charge in [0.15, 0.2) is 0 Å². The molecule has 0 spiro atoms. The van der Waals surface area contributed by atoms with Crippen LogP contribution in [0, 0.1) is 11.3 Å². The molecule has 0 heterocycles. The quantitative estimate of drug-likeness (QED) is 0.432. The van der Waals surface area contributed by atoms with Gasteiger partial charge < -0.3 is 11.1 Å². The van der Waals surface area contributed by atoms with E-state index in [-0.39, 0.29) is 9.79 Å². The van der Waals surface area contributed by atoms with Crippen molar-refractivity contribution in [2.24, 2.45) is 0 Å². The van der Waals surface area contributed by atoms with Crippen molar-refractivity contribution in [2.45, 2.75) is 16.2 Å². The molecular formula is C25H21N3O2S. The second kappa shape index (κ2) is 8.50. The number of rotatable bonds is 6. The van der Waals surface area contributed by atoms with Crippen LogP contribution in [0.5, 0.6) is 0 Å². The first-order valence-electron chi connectivity index (χ1n) is 9.84. The van der Waals surface area contributed by atoms with Gasteiger partial charge in [0.25, 0.3) is 0 Å². The Bertz CT molecular complexity index is 1390. The SMILES string of the molecule is N#Cc1cc(NCCc2ccc(S(=O)(=O)c3ccc4ccccc4c3)cc2)ccc1N. The van der Waals surface area contributed by atoms with Gasteiger partial charge in [-0.05, 0) is 65.2 Å². The molecule has 0 atom stereocenters. The van der Waals surface area contributed by atoms with Crippen molar-refractivity contribution in [3.8, 4) is 6.07 Å². The molecule has 4 rings (SSSR count). The van der Waals surface area contributed by atoms with E-state index in [0.29, 0.717) is 24.2 Å². The highest BCUT2D eigenvalue weighted by atomic mass is 32.2. The average molecular weight is 428 g/mol. The lowest BCUT2D eigenvalue weighted by atomic mass is 10.1. The monoisotopic (exact) mass is 427 g/mol. The molecule has 0 fully saturated rings. The van der Waals surface area contributed by atoms with E-state index in [2.05, 4.69) is 11.4 Å². The number of nitrogens with two attached hydrogens (primary N) is 1. The number of nitrogens with one attached hydrogen (secondary N) is 1. The molecule has 6 heteroatoms. The lowest BCUT2D eigenvalue weighted by molar-refractivity contribution is 0.596. The first-order chi connectivity index (χ1) is 15.0. The van der Waals surface area contributed by atoms with Gasteiger partial charge in [0.05, 0.1) is 15.4 Å². The number of nitrogens with zero attached hydrogens (tertiary/aromatic N) is 1. The van der Waals surface area contributed by atoms with Crippen molar-refractivity contribution in [3.05, 3.63) is 96.1 Å². The summed E-state index contributed by atoms with van der Waals surface area (Å²) in [6.07, 6.45) is 0.711. The van der Waals surface area contributed by atoms with E-state index in [0.717, 1.165) is 22.0 Å². The molecule has 0 aliphatic carbocycles. The summed E-state index contributed by atoms with van der Waals surface area (Å²) in [6, 6.07) is 27.2. The van der Waals surface area contributed by atoms with Gasteiger partial charge >= 0.3 is 0 Å². The van der Waals surface area contributed by atoms with E-state index in [1.165, 1.54) is 0 Å². The molecule has 5 nitrogen and oxygen atoms in total. The van der Waals surface area contributed by atoms with Crippen LogP contribution in [0.25, 0.3) is 10.8 Å². The minimum Gasteiger partial charge on any atom is -0.398 e. The Balaban J connectivity index is 1.45. The van der Waals surface area contributed by atoms with Crippen LogP contribution in [0.4, 0.5) is 11.4 Å². The Morgan fingerprint density at radius 1 is 0.839 bits per heavy atom. The van der Waals surface area contributed by atoms with Crippen LogP contribution in [-0.2, 0) is 16.3 Å². The Morgan fingerprint density at radius 3 is 2.29 bits per heavy atom. The molecule has 154 valence electrons. The normalized spacial score (nSPS) is 11.2. The highest BCUT2D eigenvalue weighted by molar-refractivity contribution is 7.91. The zero-order valence-corrected chi connectivity index (χ0v) is 17.6. The van der Waals surface area contributed by atoms with Gasteiger partial charge in [-0.2, -0.15) is 5.26 Å². The predicted molar refractivity (Wildman–Crippen MR) is 124 cm³/mol. The Labute approximate surface area is 181 Å². The molecule has 0 aliphatic heterocycles. The number of anilines is 2. The first-order valence-corrected chi connectivity index (χ1v) is 11.3. The average Bonchev–Trinajstić information content (AvgIpc) is 2.80. The van der Waals surface area contributed by atoms with Crippen LogP contribution in [0.1, 0.15) is 11.1 Å². The highest BCUT2D eigenvalue weighted by Gasteiger charge is 2.17. The van der Waals surface area contributed by atoms with Crippen LogP contribution >= 0.6 is 0 Å². The second-order valence-corrected chi connectivity index (χ2v) is 9.20. The fraction of sp³-hybridized carbons (Fsp3) is 0.0800. The first kappa shape index (κ1) is 20.5. The van der Waals surface area contributed by atoms with E-state index in [4.69, 9.17) is 11.0 Å². The largest absolute Gasteiger partial charge is 0.398 e. The number of benzene rings is 4. The van der Waals surface area contributed by atoms with Crippen molar-refractivity contribution in [2.75, 3.05) is 17.6 Å². The molecule has 0 bridgehead atoms. The molecular weight excluding hydrogens is 406 g/mol. The molecule has 31 heavy (non-hydrogen) atoms. The molecule has 0 aliphatic rings. The molecule has 4 aromatic rings. The summed E-state index contributed by atoms with van der Waals surface area (Å²) in [5.74, 6) is 0. The van der Waals surface area contributed by atoms with Crippen molar-refractivity contribution in [1.82, 2.24) is 0 Å². The molecule has 0 amide bonds. The molecule has 0 saturated carbocycles. The van der Waals surface area contributed by atoms with Gasteiger partial charge in [-0.3, -0.25) is 0 Å². The minimum atomic E-state index is -3.58. The summed E-state index contributed by atoms with van der Waals surface area (Å²) >= 11 is 0. The Hall–Kier alpha value is -3.82. The summed E-state index contributed by atoms with van der Waals surface area (Å²) in [6.45, 7) is 0.644. The second-order valence-electron chi connectivity index (χ2n) is 7.25. The summed E-state index contributed by atoms with van der Waals surface area (Å²) in [7, 11) is -3.58. The standard InChI is InChI=1S/C25H21N3O2S/c26-17-21-15-22(8-12-25(21)27)28-14-13-18-5-9-23(10-6-18)31(29,30)24-11-7-19-3-1-2-4-20(19)16-24/h1-12,15-16,28H,13-14,27H2. The van der Waals surface area contributed by atoms with E-state index in [9.17, 15) is 8.42 Å². The molecule has 0 saturated heterocycles. The molecule has 0 aromatic heterocycles. The lowest BCUT2D eigenvalue weighted by Gasteiger charge is -2.09. The van der Waals surface area contributed by atoms with Crippen molar-refractivity contribution in [1.29, 1.82) is 5.26 Å². The number of nitriles is 1. The number of hydrogen-bond donors (Lipinski definition) is 2. The van der Waals surface area contributed by atoms with Crippen molar-refractivity contribution >= 4 is 32.0 Å². The van der Waals surface area contributed by atoms with Crippen molar-refractivity contribution < 1.29 is 8.42 Å². The van der Waals surface area contributed by atoms with Gasteiger partial charge in [-0.15, -0.1) is 0 Å². The molecule has 0 radical (unpaired) electrons. The Morgan fingerprint density at radius 2 is 1.55 bits per heavy atom. The molecule has 3 N–H and O–H groups in total. The number of nitrogen functional groups attached to an aromatic ring is 1. The zero-order valence-electron chi connectivity index (χ0n) is 16.7. The number of fused-ring (bicyclic) bond motifs is 1. The van der Waals surface area contributed by atoms with Crippen LogP contribution in [0.3, 0.4) is 0 Å². The Kier molecular flexibility index (Phi) is 5.61. The van der Waals surface area contributed by atoms with E-state index in [1.807, 2.05) is 48.5 Å². The molecule has 4 aromatic carbocycles. The third-order valence-electron chi connectivity index (χ3n) is 5.18. The third-order valence-corrected chi connectivity index (χ3v) is 6.95. The van der Waals surface area contributed by atoms with Gasteiger partial charge in [0.2, 0.25) is 9.84 Å². The maximum Gasteiger partial charge on any atom is 0.206 e.